The first kappa shape index (κ1) is 16.0. The molecule has 1 aromatic heterocycles. The number of benzene rings is 1. The van der Waals surface area contributed by atoms with Crippen molar-refractivity contribution in [3.8, 4) is 0 Å². The average molecular weight is 350 g/mol. The first-order valence-electron chi connectivity index (χ1n) is 7.34. The highest BCUT2D eigenvalue weighted by molar-refractivity contribution is 7.16. The number of amides is 1. The van der Waals surface area contributed by atoms with E-state index < -0.39 is 11.9 Å². The maximum absolute atomic E-state index is 12.5. The van der Waals surface area contributed by atoms with Crippen molar-refractivity contribution in [2.45, 2.75) is 12.3 Å². The van der Waals surface area contributed by atoms with E-state index in [1.54, 1.807) is 11.0 Å². The molecule has 0 spiro atoms. The van der Waals surface area contributed by atoms with Crippen LogP contribution in [0.4, 0.5) is 0 Å². The molecule has 3 rings (SSSR count). The molecule has 2 unspecified atom stereocenters. The van der Waals surface area contributed by atoms with E-state index in [0.717, 1.165) is 10.4 Å². The van der Waals surface area contributed by atoms with E-state index in [0.29, 0.717) is 10.9 Å². The highest BCUT2D eigenvalue weighted by Crippen LogP contribution is 2.33. The van der Waals surface area contributed by atoms with Crippen molar-refractivity contribution >= 4 is 34.8 Å². The van der Waals surface area contributed by atoms with Gasteiger partial charge in [-0.1, -0.05) is 41.9 Å². The smallest absolute Gasteiger partial charge is 0.308 e. The average Bonchev–Trinajstić information content (AvgIpc) is 3.15. The van der Waals surface area contributed by atoms with Crippen molar-refractivity contribution in [3.63, 3.8) is 0 Å². The summed E-state index contributed by atoms with van der Waals surface area (Å²) in [5.74, 6) is -1.63. The Morgan fingerprint density at radius 3 is 2.52 bits per heavy atom. The molecule has 0 saturated carbocycles. The number of carboxylic acids is 1. The normalized spacial score (nSPS) is 20.7. The molecule has 0 bridgehead atoms. The standard InChI is InChI=1S/C17H16ClNO3S/c18-15-7-6-12(23-15)8-16(20)19-9-13(14(10-19)17(21)22)11-4-2-1-3-5-11/h1-7,13-14H,8-10H2,(H,21,22). The van der Waals surface area contributed by atoms with Crippen LogP contribution in [0.1, 0.15) is 16.4 Å². The van der Waals surface area contributed by atoms with Crippen LogP contribution in [0.15, 0.2) is 42.5 Å². The summed E-state index contributed by atoms with van der Waals surface area (Å²) >= 11 is 7.27. The minimum Gasteiger partial charge on any atom is -0.481 e. The zero-order chi connectivity index (χ0) is 16.4. The highest BCUT2D eigenvalue weighted by atomic mass is 35.5. The van der Waals surface area contributed by atoms with Crippen LogP contribution < -0.4 is 0 Å². The Bertz CT molecular complexity index is 716. The van der Waals surface area contributed by atoms with Crippen molar-refractivity contribution in [2.75, 3.05) is 13.1 Å². The Kier molecular flexibility index (Phi) is 4.68. The Labute approximate surface area is 143 Å². The second kappa shape index (κ2) is 6.72. The zero-order valence-electron chi connectivity index (χ0n) is 12.3. The van der Waals surface area contributed by atoms with Crippen LogP contribution in [0.3, 0.4) is 0 Å². The summed E-state index contributed by atoms with van der Waals surface area (Å²) in [7, 11) is 0. The fourth-order valence-corrected chi connectivity index (χ4v) is 4.08. The van der Waals surface area contributed by atoms with Gasteiger partial charge >= 0.3 is 5.97 Å². The number of aliphatic carboxylic acids is 1. The largest absolute Gasteiger partial charge is 0.481 e. The van der Waals surface area contributed by atoms with E-state index >= 15 is 0 Å². The fraction of sp³-hybridized carbons (Fsp3) is 0.294. The number of hydrogen-bond donors (Lipinski definition) is 1. The molecule has 1 N–H and O–H groups in total. The number of carboxylic acid groups (broad SMARTS) is 1. The molecule has 2 atom stereocenters. The van der Waals surface area contributed by atoms with E-state index in [4.69, 9.17) is 11.6 Å². The van der Waals surface area contributed by atoms with Gasteiger partial charge in [0, 0.05) is 23.9 Å². The lowest BCUT2D eigenvalue weighted by molar-refractivity contribution is -0.141. The molecular weight excluding hydrogens is 334 g/mol. The van der Waals surface area contributed by atoms with Crippen molar-refractivity contribution in [3.05, 3.63) is 57.2 Å². The van der Waals surface area contributed by atoms with Crippen LogP contribution in [-0.2, 0) is 16.0 Å². The lowest BCUT2D eigenvalue weighted by Crippen LogP contribution is -2.31. The van der Waals surface area contributed by atoms with Gasteiger partial charge in [-0.05, 0) is 17.7 Å². The molecule has 0 aliphatic carbocycles. The fourth-order valence-electron chi connectivity index (χ4n) is 3.00. The van der Waals surface area contributed by atoms with Crippen LogP contribution in [0.2, 0.25) is 4.34 Å². The van der Waals surface area contributed by atoms with Gasteiger partial charge in [0.1, 0.15) is 0 Å². The number of hydrogen-bond acceptors (Lipinski definition) is 3. The summed E-state index contributed by atoms with van der Waals surface area (Å²) in [6.07, 6.45) is 0.269. The van der Waals surface area contributed by atoms with Crippen LogP contribution in [0.25, 0.3) is 0 Å². The molecule has 1 saturated heterocycles. The van der Waals surface area contributed by atoms with Crippen molar-refractivity contribution < 1.29 is 14.7 Å². The molecule has 1 aromatic carbocycles. The van der Waals surface area contributed by atoms with Gasteiger partial charge in [-0.25, -0.2) is 0 Å². The van der Waals surface area contributed by atoms with Gasteiger partial charge in [0.25, 0.3) is 0 Å². The van der Waals surface area contributed by atoms with Crippen molar-refractivity contribution in [2.24, 2.45) is 5.92 Å². The van der Waals surface area contributed by atoms with Gasteiger partial charge in [0.15, 0.2) is 0 Å². The summed E-state index contributed by atoms with van der Waals surface area (Å²) < 4.78 is 0.653. The maximum Gasteiger partial charge on any atom is 0.308 e. The van der Waals surface area contributed by atoms with E-state index in [1.165, 1.54) is 11.3 Å². The third-order valence-corrected chi connectivity index (χ3v) is 5.40. The maximum atomic E-state index is 12.5. The van der Waals surface area contributed by atoms with Gasteiger partial charge < -0.3 is 10.0 Å². The van der Waals surface area contributed by atoms with Gasteiger partial charge in [-0.2, -0.15) is 0 Å². The van der Waals surface area contributed by atoms with Crippen LogP contribution >= 0.6 is 22.9 Å². The summed E-state index contributed by atoms with van der Waals surface area (Å²) in [6, 6.07) is 13.1. The van der Waals surface area contributed by atoms with Crippen molar-refractivity contribution in [1.29, 1.82) is 0 Å². The van der Waals surface area contributed by atoms with Gasteiger partial charge in [-0.15, -0.1) is 11.3 Å². The number of carbonyl (C=O) groups is 2. The second-order valence-electron chi connectivity index (χ2n) is 5.64. The molecule has 6 heteroatoms. The molecule has 1 fully saturated rings. The van der Waals surface area contributed by atoms with Crippen LogP contribution in [-0.4, -0.2) is 35.0 Å². The first-order valence-corrected chi connectivity index (χ1v) is 8.54. The predicted molar refractivity (Wildman–Crippen MR) is 89.9 cm³/mol. The molecule has 0 radical (unpaired) electrons. The molecular formula is C17H16ClNO3S. The number of halogens is 1. The third-order valence-electron chi connectivity index (χ3n) is 4.17. The monoisotopic (exact) mass is 349 g/mol. The number of nitrogens with zero attached hydrogens (tertiary/aromatic N) is 1. The Morgan fingerprint density at radius 1 is 1.17 bits per heavy atom. The number of thiophene rings is 1. The van der Waals surface area contributed by atoms with Crippen LogP contribution in [0, 0.1) is 5.92 Å². The number of carbonyl (C=O) groups excluding carboxylic acids is 1. The summed E-state index contributed by atoms with van der Waals surface area (Å²) in [4.78, 5) is 26.6. The lowest BCUT2D eigenvalue weighted by atomic mass is 9.89. The van der Waals surface area contributed by atoms with E-state index in [1.807, 2.05) is 36.4 Å². The molecule has 2 heterocycles. The SMILES string of the molecule is O=C(O)C1CN(C(=O)Cc2ccc(Cl)s2)CC1c1ccccc1. The highest BCUT2D eigenvalue weighted by Gasteiger charge is 2.40. The topological polar surface area (TPSA) is 57.6 Å². The van der Waals surface area contributed by atoms with Crippen molar-refractivity contribution in [1.82, 2.24) is 4.90 Å². The van der Waals surface area contributed by atoms with Gasteiger partial charge in [0.05, 0.1) is 16.7 Å². The van der Waals surface area contributed by atoms with E-state index in [-0.39, 0.29) is 24.8 Å². The van der Waals surface area contributed by atoms with Gasteiger partial charge in [-0.3, -0.25) is 9.59 Å². The molecule has 23 heavy (non-hydrogen) atoms. The zero-order valence-corrected chi connectivity index (χ0v) is 13.9. The summed E-state index contributed by atoms with van der Waals surface area (Å²) in [6.45, 7) is 0.700. The second-order valence-corrected chi connectivity index (χ2v) is 7.44. The van der Waals surface area contributed by atoms with E-state index in [9.17, 15) is 14.7 Å². The van der Waals surface area contributed by atoms with Gasteiger partial charge in [0.2, 0.25) is 5.91 Å². The first-order chi connectivity index (χ1) is 11.0. The Balaban J connectivity index is 1.74. The Hall–Kier alpha value is -1.85. The minimum absolute atomic E-state index is 0.0480. The lowest BCUT2D eigenvalue weighted by Gasteiger charge is -2.16. The third kappa shape index (κ3) is 3.57. The number of rotatable bonds is 4. The predicted octanol–water partition coefficient (Wildman–Crippen LogP) is 3.27. The quantitative estimate of drug-likeness (QED) is 0.921. The Morgan fingerprint density at radius 2 is 1.91 bits per heavy atom. The molecule has 120 valence electrons. The van der Waals surface area contributed by atoms with E-state index in [2.05, 4.69) is 0 Å². The summed E-state index contributed by atoms with van der Waals surface area (Å²) in [5, 5.41) is 9.48. The minimum atomic E-state index is -0.853. The molecule has 1 amide bonds. The van der Waals surface area contributed by atoms with Crippen LogP contribution in [0.5, 0.6) is 0 Å². The summed E-state index contributed by atoms with van der Waals surface area (Å²) in [5.41, 5.74) is 0.967. The molecule has 4 nitrogen and oxygen atoms in total. The molecule has 1 aliphatic heterocycles. The number of likely N-dealkylation sites (tertiary alicyclic amines) is 1. The molecule has 2 aromatic rings. The molecule has 1 aliphatic rings.